The molecule has 0 spiro atoms. The lowest BCUT2D eigenvalue weighted by atomic mass is 10.0. The quantitative estimate of drug-likeness (QED) is 0.867. The second-order valence-corrected chi connectivity index (χ2v) is 5.17. The molecule has 0 bridgehead atoms. The molecule has 0 atom stereocenters. The molecule has 0 unspecified atom stereocenters. The van der Waals surface area contributed by atoms with Gasteiger partial charge in [0, 0.05) is 5.56 Å². The van der Waals surface area contributed by atoms with Crippen molar-refractivity contribution in [3.05, 3.63) is 23.2 Å². The molecule has 5 nitrogen and oxygen atoms in total. The van der Waals surface area contributed by atoms with Gasteiger partial charge in [-0.15, -0.1) is 5.10 Å². The molecule has 0 fully saturated rings. The number of anilines is 1. The molecular weight excluding hydrogens is 250 g/mol. The first kappa shape index (κ1) is 12.8. The maximum Gasteiger partial charge on any atom is 0.184 e. The maximum absolute atomic E-state index is 6.22. The van der Waals surface area contributed by atoms with E-state index in [2.05, 4.69) is 36.3 Å². The molecule has 1 aromatic heterocycles. The van der Waals surface area contributed by atoms with Crippen molar-refractivity contribution in [1.29, 1.82) is 0 Å². The Kier molecular flexibility index (Phi) is 3.26. The number of hydrogen-bond donors (Lipinski definition) is 1. The number of nitrogen functional groups attached to an aromatic ring is 1. The van der Waals surface area contributed by atoms with E-state index in [0.29, 0.717) is 16.5 Å². The summed E-state index contributed by atoms with van der Waals surface area (Å²) in [5.74, 6) is 0.638. The molecule has 2 N–H and O–H groups in total. The zero-order valence-corrected chi connectivity index (χ0v) is 11.4. The zero-order chi connectivity index (χ0) is 13.3. The molecular formula is C12H16ClN5. The number of nitrogens with zero attached hydrogens (tertiary/aromatic N) is 4. The number of tetrazole rings is 1. The summed E-state index contributed by atoms with van der Waals surface area (Å²) < 4.78 is 1.79. The van der Waals surface area contributed by atoms with Crippen molar-refractivity contribution in [3.63, 3.8) is 0 Å². The predicted molar refractivity (Wildman–Crippen MR) is 72.3 cm³/mol. The Morgan fingerprint density at radius 1 is 1.39 bits per heavy atom. The van der Waals surface area contributed by atoms with Gasteiger partial charge in [0.2, 0.25) is 0 Å². The molecule has 0 aliphatic heterocycles. The first-order valence-electron chi connectivity index (χ1n) is 5.80. The van der Waals surface area contributed by atoms with Gasteiger partial charge in [-0.1, -0.05) is 24.6 Å². The zero-order valence-electron chi connectivity index (χ0n) is 10.7. The Bertz CT molecular complexity index is 561. The Balaban J connectivity index is 2.60. The van der Waals surface area contributed by atoms with Crippen LogP contribution in [0.3, 0.4) is 0 Å². The van der Waals surface area contributed by atoms with Crippen molar-refractivity contribution >= 4 is 17.3 Å². The van der Waals surface area contributed by atoms with E-state index in [1.54, 1.807) is 10.7 Å². The van der Waals surface area contributed by atoms with Crippen LogP contribution in [0, 0.1) is 0 Å². The van der Waals surface area contributed by atoms with E-state index >= 15 is 0 Å². The molecule has 0 aliphatic rings. The van der Waals surface area contributed by atoms with Gasteiger partial charge < -0.3 is 5.73 Å². The summed E-state index contributed by atoms with van der Waals surface area (Å²) in [5, 5.41) is 12.4. The Labute approximate surface area is 111 Å². The molecule has 0 saturated carbocycles. The summed E-state index contributed by atoms with van der Waals surface area (Å²) in [6, 6.07) is 5.46. The van der Waals surface area contributed by atoms with Crippen molar-refractivity contribution in [3.8, 4) is 11.4 Å². The standard InChI is InChI=1S/C12H16ClN5/c1-4-12(2,3)18-11(15-16-17-18)8-6-5-7-9(14)10(8)13/h5-7H,4,14H2,1-3H3. The highest BCUT2D eigenvalue weighted by Gasteiger charge is 2.25. The fourth-order valence-corrected chi connectivity index (χ4v) is 1.85. The SMILES string of the molecule is CCC(C)(C)n1nnnc1-c1cccc(N)c1Cl. The molecule has 0 radical (unpaired) electrons. The van der Waals surface area contributed by atoms with Crippen LogP contribution in [0.1, 0.15) is 27.2 Å². The van der Waals surface area contributed by atoms with Crippen LogP contribution in [0.5, 0.6) is 0 Å². The first-order valence-corrected chi connectivity index (χ1v) is 6.18. The molecule has 2 rings (SSSR count). The molecule has 2 aromatic rings. The first-order chi connectivity index (χ1) is 8.47. The molecule has 96 valence electrons. The maximum atomic E-state index is 6.22. The number of nitrogens with two attached hydrogens (primary N) is 1. The smallest absolute Gasteiger partial charge is 0.184 e. The summed E-state index contributed by atoms with van der Waals surface area (Å²) in [4.78, 5) is 0. The van der Waals surface area contributed by atoms with Crippen molar-refractivity contribution in [1.82, 2.24) is 20.2 Å². The van der Waals surface area contributed by atoms with Gasteiger partial charge in [-0.3, -0.25) is 0 Å². The number of hydrogen-bond acceptors (Lipinski definition) is 4. The van der Waals surface area contributed by atoms with Gasteiger partial charge in [-0.05, 0) is 42.8 Å². The van der Waals surface area contributed by atoms with Gasteiger partial charge in [0.1, 0.15) is 0 Å². The Morgan fingerprint density at radius 3 is 2.78 bits per heavy atom. The average molecular weight is 266 g/mol. The van der Waals surface area contributed by atoms with Gasteiger partial charge in [-0.2, -0.15) is 0 Å². The summed E-state index contributed by atoms with van der Waals surface area (Å²) in [6.45, 7) is 6.24. The third-order valence-electron chi connectivity index (χ3n) is 3.18. The third kappa shape index (κ3) is 2.06. The topological polar surface area (TPSA) is 69.6 Å². The van der Waals surface area contributed by atoms with E-state index in [9.17, 15) is 0 Å². The summed E-state index contributed by atoms with van der Waals surface area (Å²) in [7, 11) is 0. The molecule has 1 aromatic carbocycles. The Hall–Kier alpha value is -1.62. The van der Waals surface area contributed by atoms with Crippen molar-refractivity contribution < 1.29 is 0 Å². The van der Waals surface area contributed by atoms with E-state index in [0.717, 1.165) is 12.0 Å². The van der Waals surface area contributed by atoms with Gasteiger partial charge in [0.15, 0.2) is 5.82 Å². The molecule has 6 heteroatoms. The molecule has 0 saturated heterocycles. The molecule has 1 heterocycles. The van der Waals surface area contributed by atoms with E-state index in [-0.39, 0.29) is 5.54 Å². The van der Waals surface area contributed by atoms with Crippen LogP contribution in [0.25, 0.3) is 11.4 Å². The summed E-state index contributed by atoms with van der Waals surface area (Å²) in [6.07, 6.45) is 0.908. The van der Waals surface area contributed by atoms with Crippen molar-refractivity contribution in [2.45, 2.75) is 32.7 Å². The highest BCUT2D eigenvalue weighted by atomic mass is 35.5. The molecule has 0 aliphatic carbocycles. The normalized spacial score (nSPS) is 11.8. The van der Waals surface area contributed by atoms with Crippen LogP contribution in [0.4, 0.5) is 5.69 Å². The van der Waals surface area contributed by atoms with Gasteiger partial charge in [0.25, 0.3) is 0 Å². The minimum absolute atomic E-state index is 0.174. The number of rotatable bonds is 3. The van der Waals surface area contributed by atoms with E-state index in [4.69, 9.17) is 17.3 Å². The van der Waals surface area contributed by atoms with Crippen molar-refractivity contribution in [2.75, 3.05) is 5.73 Å². The fraction of sp³-hybridized carbons (Fsp3) is 0.417. The van der Waals surface area contributed by atoms with Gasteiger partial charge >= 0.3 is 0 Å². The highest BCUT2D eigenvalue weighted by Crippen LogP contribution is 2.33. The lowest BCUT2D eigenvalue weighted by Gasteiger charge is -2.24. The monoisotopic (exact) mass is 265 g/mol. The highest BCUT2D eigenvalue weighted by molar-refractivity contribution is 6.35. The number of benzene rings is 1. The third-order valence-corrected chi connectivity index (χ3v) is 3.60. The van der Waals surface area contributed by atoms with Gasteiger partial charge in [0.05, 0.1) is 16.2 Å². The van der Waals surface area contributed by atoms with E-state index in [1.165, 1.54) is 0 Å². The Morgan fingerprint density at radius 2 is 2.11 bits per heavy atom. The minimum Gasteiger partial charge on any atom is -0.398 e. The van der Waals surface area contributed by atoms with E-state index < -0.39 is 0 Å². The average Bonchev–Trinajstić information content (AvgIpc) is 2.82. The van der Waals surface area contributed by atoms with E-state index in [1.807, 2.05) is 12.1 Å². The van der Waals surface area contributed by atoms with Crippen LogP contribution < -0.4 is 5.73 Å². The van der Waals surface area contributed by atoms with Crippen LogP contribution in [-0.2, 0) is 5.54 Å². The summed E-state index contributed by atoms with van der Waals surface area (Å²) >= 11 is 6.22. The second-order valence-electron chi connectivity index (χ2n) is 4.79. The van der Waals surface area contributed by atoms with Gasteiger partial charge in [-0.25, -0.2) is 4.68 Å². The van der Waals surface area contributed by atoms with Crippen LogP contribution in [0.15, 0.2) is 18.2 Å². The predicted octanol–water partition coefficient (Wildman–Crippen LogP) is 2.72. The molecule has 0 amide bonds. The molecule has 18 heavy (non-hydrogen) atoms. The largest absolute Gasteiger partial charge is 0.398 e. The van der Waals surface area contributed by atoms with Crippen LogP contribution in [0.2, 0.25) is 5.02 Å². The van der Waals surface area contributed by atoms with Crippen LogP contribution in [-0.4, -0.2) is 20.2 Å². The van der Waals surface area contributed by atoms with Crippen molar-refractivity contribution in [2.24, 2.45) is 0 Å². The summed E-state index contributed by atoms with van der Waals surface area (Å²) in [5.41, 5.74) is 6.91. The number of halogens is 1. The second kappa shape index (κ2) is 4.57. The lowest BCUT2D eigenvalue weighted by Crippen LogP contribution is -2.27. The van der Waals surface area contributed by atoms with Crippen LogP contribution >= 0.6 is 11.6 Å². The fourth-order valence-electron chi connectivity index (χ4n) is 1.64. The lowest BCUT2D eigenvalue weighted by molar-refractivity contribution is 0.305. The minimum atomic E-state index is -0.174. The number of aromatic nitrogens is 4.